The molecule has 0 atom stereocenters. The van der Waals surface area contributed by atoms with Crippen molar-refractivity contribution in [1.29, 1.82) is 0 Å². The normalized spacial score (nSPS) is 10.6. The van der Waals surface area contributed by atoms with Gasteiger partial charge in [0, 0.05) is 12.1 Å². The zero-order valence-electron chi connectivity index (χ0n) is 11.5. The van der Waals surface area contributed by atoms with Crippen LogP contribution in [0.25, 0.3) is 0 Å². The fraction of sp³-hybridized carbons (Fsp3) is 0.667. The van der Waals surface area contributed by atoms with E-state index >= 15 is 0 Å². The molecule has 1 heterocycles. The van der Waals surface area contributed by atoms with Crippen molar-refractivity contribution in [1.82, 2.24) is 4.98 Å². The Labute approximate surface area is 111 Å². The van der Waals surface area contributed by atoms with E-state index in [-0.39, 0.29) is 0 Å². The van der Waals surface area contributed by atoms with Crippen LogP contribution in [-0.4, -0.2) is 18.1 Å². The van der Waals surface area contributed by atoms with E-state index in [1.807, 2.05) is 12.1 Å². The number of ether oxygens (including phenoxy) is 1. The van der Waals surface area contributed by atoms with Crippen LogP contribution in [0.3, 0.4) is 0 Å². The predicted octanol–water partition coefficient (Wildman–Crippen LogP) is 3.32. The van der Waals surface area contributed by atoms with Gasteiger partial charge >= 0.3 is 0 Å². The molecule has 18 heavy (non-hydrogen) atoms. The number of hydrogen-bond donors (Lipinski definition) is 1. The van der Waals surface area contributed by atoms with Crippen LogP contribution in [0.5, 0.6) is 5.75 Å². The third-order valence-electron chi connectivity index (χ3n) is 2.96. The van der Waals surface area contributed by atoms with Crippen LogP contribution in [0.2, 0.25) is 0 Å². The molecule has 102 valence electrons. The van der Waals surface area contributed by atoms with E-state index < -0.39 is 0 Å². The zero-order valence-corrected chi connectivity index (χ0v) is 11.5. The van der Waals surface area contributed by atoms with E-state index in [4.69, 9.17) is 10.5 Å². The van der Waals surface area contributed by atoms with Crippen molar-refractivity contribution < 1.29 is 4.74 Å². The first-order chi connectivity index (χ1) is 8.86. The summed E-state index contributed by atoms with van der Waals surface area (Å²) in [5.41, 5.74) is 6.51. The van der Waals surface area contributed by atoms with Gasteiger partial charge in [-0.1, -0.05) is 39.0 Å². The minimum Gasteiger partial charge on any atom is -0.492 e. The molecule has 0 bridgehead atoms. The van der Waals surface area contributed by atoms with Gasteiger partial charge in [0.25, 0.3) is 0 Å². The van der Waals surface area contributed by atoms with Crippen molar-refractivity contribution in [3.8, 4) is 5.75 Å². The van der Waals surface area contributed by atoms with Crippen LogP contribution in [0.15, 0.2) is 18.3 Å². The van der Waals surface area contributed by atoms with Gasteiger partial charge in [-0.3, -0.25) is 4.98 Å². The third kappa shape index (κ3) is 6.60. The van der Waals surface area contributed by atoms with Crippen LogP contribution >= 0.6 is 0 Å². The second-order valence-corrected chi connectivity index (χ2v) is 4.64. The summed E-state index contributed by atoms with van der Waals surface area (Å²) in [5.74, 6) is 0.865. The molecule has 0 unspecified atom stereocenters. The first-order valence-corrected chi connectivity index (χ1v) is 7.14. The Morgan fingerprint density at radius 1 is 1.11 bits per heavy atom. The van der Waals surface area contributed by atoms with Crippen molar-refractivity contribution in [3.05, 3.63) is 24.0 Å². The summed E-state index contributed by atoms with van der Waals surface area (Å²) in [6, 6.07) is 3.97. The molecule has 3 heteroatoms. The highest BCUT2D eigenvalue weighted by Crippen LogP contribution is 2.11. The fourth-order valence-electron chi connectivity index (χ4n) is 1.86. The smallest absolute Gasteiger partial charge is 0.137 e. The molecule has 0 spiro atoms. The van der Waals surface area contributed by atoms with Crippen LogP contribution in [-0.2, 0) is 6.42 Å². The van der Waals surface area contributed by atoms with Crippen molar-refractivity contribution in [2.45, 2.75) is 51.9 Å². The molecule has 0 fully saturated rings. The second-order valence-electron chi connectivity index (χ2n) is 4.64. The Hall–Kier alpha value is -1.09. The monoisotopic (exact) mass is 250 g/mol. The number of pyridine rings is 1. The Morgan fingerprint density at radius 3 is 2.56 bits per heavy atom. The minimum absolute atomic E-state index is 0.644. The molecule has 1 aromatic rings. The molecular formula is C15H26N2O. The van der Waals surface area contributed by atoms with E-state index in [1.165, 1.54) is 32.1 Å². The molecule has 1 aromatic heterocycles. The highest BCUT2D eigenvalue weighted by Gasteiger charge is 1.96. The molecule has 0 saturated carbocycles. The van der Waals surface area contributed by atoms with Gasteiger partial charge in [-0.15, -0.1) is 0 Å². The Morgan fingerprint density at radius 2 is 1.89 bits per heavy atom. The van der Waals surface area contributed by atoms with Crippen LogP contribution in [0.4, 0.5) is 0 Å². The fourth-order valence-corrected chi connectivity index (χ4v) is 1.86. The highest BCUT2D eigenvalue weighted by atomic mass is 16.5. The summed E-state index contributed by atoms with van der Waals surface area (Å²) in [5, 5.41) is 0. The van der Waals surface area contributed by atoms with Gasteiger partial charge < -0.3 is 10.5 Å². The van der Waals surface area contributed by atoms with E-state index in [0.717, 1.165) is 30.9 Å². The minimum atomic E-state index is 0.644. The number of nitrogens with zero attached hydrogens (tertiary/aromatic N) is 1. The lowest BCUT2D eigenvalue weighted by Crippen LogP contribution is -2.04. The maximum atomic E-state index is 5.65. The molecular weight excluding hydrogens is 224 g/mol. The lowest BCUT2D eigenvalue weighted by molar-refractivity contribution is 0.303. The van der Waals surface area contributed by atoms with Gasteiger partial charge in [0.05, 0.1) is 12.8 Å². The summed E-state index contributed by atoms with van der Waals surface area (Å²) < 4.78 is 5.65. The van der Waals surface area contributed by atoms with Crippen molar-refractivity contribution in [3.63, 3.8) is 0 Å². The number of aromatic nitrogens is 1. The first kappa shape index (κ1) is 15.0. The van der Waals surface area contributed by atoms with Gasteiger partial charge in [0.1, 0.15) is 5.75 Å². The lowest BCUT2D eigenvalue weighted by Gasteiger charge is -2.06. The lowest BCUT2D eigenvalue weighted by atomic mass is 10.1. The summed E-state index contributed by atoms with van der Waals surface area (Å²) >= 11 is 0. The summed E-state index contributed by atoms with van der Waals surface area (Å²) in [6.45, 7) is 3.68. The Bertz CT molecular complexity index is 298. The number of hydrogen-bond acceptors (Lipinski definition) is 3. The second kappa shape index (κ2) is 9.89. The molecule has 0 aliphatic heterocycles. The van der Waals surface area contributed by atoms with Crippen LogP contribution in [0.1, 0.15) is 51.1 Å². The average molecular weight is 250 g/mol. The molecule has 0 aliphatic rings. The van der Waals surface area contributed by atoms with Crippen molar-refractivity contribution in [2.24, 2.45) is 5.73 Å². The first-order valence-electron chi connectivity index (χ1n) is 7.14. The summed E-state index contributed by atoms with van der Waals surface area (Å²) in [4.78, 5) is 4.30. The van der Waals surface area contributed by atoms with Gasteiger partial charge in [0.2, 0.25) is 0 Å². The molecule has 0 saturated heterocycles. The average Bonchev–Trinajstić information content (AvgIpc) is 2.40. The number of unbranched alkanes of at least 4 members (excludes halogenated alkanes) is 5. The van der Waals surface area contributed by atoms with E-state index in [0.29, 0.717) is 6.54 Å². The van der Waals surface area contributed by atoms with Gasteiger partial charge in [-0.25, -0.2) is 0 Å². The summed E-state index contributed by atoms with van der Waals surface area (Å²) in [6.07, 6.45) is 10.4. The SMILES string of the molecule is CCCCCCCCOc1ccc(CCN)nc1. The molecule has 0 radical (unpaired) electrons. The molecule has 0 aromatic carbocycles. The number of rotatable bonds is 10. The largest absolute Gasteiger partial charge is 0.492 e. The number of nitrogens with two attached hydrogens (primary N) is 1. The zero-order chi connectivity index (χ0) is 13.1. The molecule has 3 nitrogen and oxygen atoms in total. The molecule has 0 amide bonds. The standard InChI is InChI=1S/C15H26N2O/c1-2-3-4-5-6-7-12-18-15-9-8-14(10-11-16)17-13-15/h8-9,13H,2-7,10-12,16H2,1H3. The maximum Gasteiger partial charge on any atom is 0.137 e. The van der Waals surface area contributed by atoms with E-state index in [2.05, 4.69) is 11.9 Å². The topological polar surface area (TPSA) is 48.1 Å². The highest BCUT2D eigenvalue weighted by molar-refractivity contribution is 5.19. The van der Waals surface area contributed by atoms with Crippen molar-refractivity contribution in [2.75, 3.05) is 13.2 Å². The maximum absolute atomic E-state index is 5.65. The summed E-state index contributed by atoms with van der Waals surface area (Å²) in [7, 11) is 0. The Balaban J connectivity index is 2.08. The predicted molar refractivity (Wildman–Crippen MR) is 75.9 cm³/mol. The Kier molecular flexibility index (Phi) is 8.23. The van der Waals surface area contributed by atoms with Crippen LogP contribution < -0.4 is 10.5 Å². The van der Waals surface area contributed by atoms with Gasteiger partial charge in [-0.2, -0.15) is 0 Å². The van der Waals surface area contributed by atoms with E-state index in [1.54, 1.807) is 6.20 Å². The van der Waals surface area contributed by atoms with E-state index in [9.17, 15) is 0 Å². The van der Waals surface area contributed by atoms with Gasteiger partial charge in [0.15, 0.2) is 0 Å². The quantitative estimate of drug-likeness (QED) is 0.648. The third-order valence-corrected chi connectivity index (χ3v) is 2.96. The van der Waals surface area contributed by atoms with Gasteiger partial charge in [-0.05, 0) is 25.1 Å². The molecule has 0 aliphatic carbocycles. The molecule has 1 rings (SSSR count). The van der Waals surface area contributed by atoms with Crippen molar-refractivity contribution >= 4 is 0 Å². The molecule has 2 N–H and O–H groups in total. The van der Waals surface area contributed by atoms with Crippen LogP contribution in [0, 0.1) is 0 Å².